The van der Waals surface area contributed by atoms with E-state index in [4.69, 9.17) is 10.00 Å². The number of nitriles is 1. The van der Waals surface area contributed by atoms with Gasteiger partial charge in [0.15, 0.2) is 9.84 Å². The first-order valence-electron chi connectivity index (χ1n) is 6.09. The molecule has 0 fully saturated rings. The highest BCUT2D eigenvalue weighted by Crippen LogP contribution is 2.21. The first-order chi connectivity index (χ1) is 8.74. The average molecular weight is 281 g/mol. The smallest absolute Gasteiger partial charge is 0.175 e. The Kier molecular flexibility index (Phi) is 4.96. The van der Waals surface area contributed by atoms with Crippen LogP contribution in [0.25, 0.3) is 0 Å². The van der Waals surface area contributed by atoms with Crippen LogP contribution in [0.2, 0.25) is 0 Å². The summed E-state index contributed by atoms with van der Waals surface area (Å²) in [5.41, 5.74) is -0.330. The van der Waals surface area contributed by atoms with Gasteiger partial charge in [0, 0.05) is 6.26 Å². The second-order valence-electron chi connectivity index (χ2n) is 5.19. The average Bonchev–Trinajstić information content (AvgIpc) is 2.34. The maximum atomic E-state index is 11.3. The minimum absolute atomic E-state index is 0.283. The third-order valence-corrected chi connectivity index (χ3v) is 3.90. The summed E-state index contributed by atoms with van der Waals surface area (Å²) >= 11 is 0. The quantitative estimate of drug-likeness (QED) is 0.752. The van der Waals surface area contributed by atoms with Crippen molar-refractivity contribution in [1.82, 2.24) is 0 Å². The van der Waals surface area contributed by atoms with E-state index < -0.39 is 9.84 Å². The highest BCUT2D eigenvalue weighted by atomic mass is 32.2. The summed E-state index contributed by atoms with van der Waals surface area (Å²) < 4.78 is 28.1. The summed E-state index contributed by atoms with van der Waals surface area (Å²) in [4.78, 5) is 0.283. The molecule has 0 aliphatic rings. The molecule has 1 aromatic rings. The van der Waals surface area contributed by atoms with Gasteiger partial charge in [0.1, 0.15) is 5.75 Å². The van der Waals surface area contributed by atoms with Gasteiger partial charge in [0.25, 0.3) is 0 Å². The number of hydrogen-bond donors (Lipinski definition) is 0. The van der Waals surface area contributed by atoms with Gasteiger partial charge in [-0.05, 0) is 51.0 Å². The van der Waals surface area contributed by atoms with Crippen molar-refractivity contribution in [2.24, 2.45) is 5.41 Å². The highest BCUT2D eigenvalue weighted by molar-refractivity contribution is 7.90. The van der Waals surface area contributed by atoms with Gasteiger partial charge >= 0.3 is 0 Å². The van der Waals surface area contributed by atoms with Crippen LogP contribution in [0.15, 0.2) is 29.2 Å². The van der Waals surface area contributed by atoms with Crippen LogP contribution in [-0.2, 0) is 9.84 Å². The molecule has 0 saturated heterocycles. The maximum Gasteiger partial charge on any atom is 0.175 e. The molecule has 0 radical (unpaired) electrons. The van der Waals surface area contributed by atoms with Gasteiger partial charge in [0.05, 0.1) is 23.0 Å². The number of hydrogen-bond acceptors (Lipinski definition) is 4. The van der Waals surface area contributed by atoms with Crippen molar-refractivity contribution in [3.05, 3.63) is 24.3 Å². The topological polar surface area (TPSA) is 67.2 Å². The predicted octanol–water partition coefficient (Wildman–Crippen LogP) is 2.80. The Bertz CT molecular complexity index is 553. The van der Waals surface area contributed by atoms with Gasteiger partial charge in [-0.25, -0.2) is 8.42 Å². The zero-order valence-electron chi connectivity index (χ0n) is 11.5. The zero-order valence-corrected chi connectivity index (χ0v) is 12.3. The Morgan fingerprint density at radius 1 is 1.26 bits per heavy atom. The summed E-state index contributed by atoms with van der Waals surface area (Å²) in [7, 11) is -3.16. The molecule has 0 unspecified atom stereocenters. The van der Waals surface area contributed by atoms with Crippen LogP contribution in [0, 0.1) is 16.7 Å². The summed E-state index contributed by atoms with van der Waals surface area (Å²) in [5.74, 6) is 0.641. The van der Waals surface area contributed by atoms with E-state index in [2.05, 4.69) is 6.07 Å². The summed E-state index contributed by atoms with van der Waals surface area (Å²) in [6.45, 7) is 4.31. The molecule has 0 N–H and O–H groups in total. The maximum absolute atomic E-state index is 11.3. The van der Waals surface area contributed by atoms with Crippen molar-refractivity contribution in [3.63, 3.8) is 0 Å². The Morgan fingerprint density at radius 2 is 1.84 bits per heavy atom. The molecule has 4 nitrogen and oxygen atoms in total. The largest absolute Gasteiger partial charge is 0.494 e. The minimum atomic E-state index is -3.16. The van der Waals surface area contributed by atoms with Crippen LogP contribution < -0.4 is 4.74 Å². The van der Waals surface area contributed by atoms with Crippen LogP contribution in [0.4, 0.5) is 0 Å². The van der Waals surface area contributed by atoms with Crippen LogP contribution in [0.1, 0.15) is 26.7 Å². The van der Waals surface area contributed by atoms with Crippen LogP contribution in [0.5, 0.6) is 5.75 Å². The van der Waals surface area contributed by atoms with Crippen molar-refractivity contribution in [1.29, 1.82) is 5.26 Å². The summed E-state index contributed by atoms with van der Waals surface area (Å²) in [6.07, 6.45) is 2.73. The molecule has 0 amide bonds. The SMILES string of the molecule is CC(C)(C#N)CCCOc1ccc(S(C)(=O)=O)cc1. The van der Waals surface area contributed by atoms with E-state index in [1.807, 2.05) is 13.8 Å². The van der Waals surface area contributed by atoms with Crippen molar-refractivity contribution >= 4 is 9.84 Å². The molecule has 0 heterocycles. The molecular weight excluding hydrogens is 262 g/mol. The lowest BCUT2D eigenvalue weighted by Crippen LogP contribution is -2.10. The Labute approximate surface area is 114 Å². The van der Waals surface area contributed by atoms with Gasteiger partial charge < -0.3 is 4.74 Å². The third kappa shape index (κ3) is 5.31. The number of ether oxygens (including phenoxy) is 1. The molecule has 5 heteroatoms. The van der Waals surface area contributed by atoms with Gasteiger partial charge in [-0.15, -0.1) is 0 Å². The van der Waals surface area contributed by atoms with Gasteiger partial charge in [-0.2, -0.15) is 5.26 Å². The van der Waals surface area contributed by atoms with E-state index in [-0.39, 0.29) is 10.3 Å². The molecule has 104 valence electrons. The first-order valence-corrected chi connectivity index (χ1v) is 7.98. The molecular formula is C14H19NO3S. The molecule has 0 spiro atoms. The fraction of sp³-hybridized carbons (Fsp3) is 0.500. The normalized spacial score (nSPS) is 11.9. The second kappa shape index (κ2) is 6.07. The summed E-state index contributed by atoms with van der Waals surface area (Å²) in [6, 6.07) is 8.59. The molecule has 0 aromatic heterocycles. The number of sulfone groups is 1. The molecule has 1 rings (SSSR count). The summed E-state index contributed by atoms with van der Waals surface area (Å²) in [5, 5.41) is 8.87. The van der Waals surface area contributed by atoms with E-state index in [0.717, 1.165) is 12.8 Å². The lowest BCUT2D eigenvalue weighted by Gasteiger charge is -2.14. The molecule has 0 aliphatic heterocycles. The van der Waals surface area contributed by atoms with E-state index in [1.54, 1.807) is 12.1 Å². The van der Waals surface area contributed by atoms with Crippen LogP contribution >= 0.6 is 0 Å². The molecule has 19 heavy (non-hydrogen) atoms. The number of benzene rings is 1. The molecule has 1 aromatic carbocycles. The zero-order chi connectivity index (χ0) is 14.5. The number of rotatable bonds is 6. The van der Waals surface area contributed by atoms with Gasteiger partial charge in [0.2, 0.25) is 0 Å². The Hall–Kier alpha value is -1.54. The Morgan fingerprint density at radius 3 is 2.32 bits per heavy atom. The fourth-order valence-electron chi connectivity index (χ4n) is 1.54. The van der Waals surface area contributed by atoms with Crippen molar-refractivity contribution < 1.29 is 13.2 Å². The minimum Gasteiger partial charge on any atom is -0.494 e. The number of nitrogens with zero attached hydrogens (tertiary/aromatic N) is 1. The van der Waals surface area contributed by atoms with Gasteiger partial charge in [-0.3, -0.25) is 0 Å². The van der Waals surface area contributed by atoms with Crippen LogP contribution in [-0.4, -0.2) is 21.3 Å². The monoisotopic (exact) mass is 281 g/mol. The fourth-order valence-corrected chi connectivity index (χ4v) is 2.17. The predicted molar refractivity (Wildman–Crippen MR) is 73.7 cm³/mol. The third-order valence-electron chi connectivity index (χ3n) is 2.77. The lowest BCUT2D eigenvalue weighted by molar-refractivity contribution is 0.284. The van der Waals surface area contributed by atoms with Gasteiger partial charge in [-0.1, -0.05) is 0 Å². The van der Waals surface area contributed by atoms with Crippen LogP contribution in [0.3, 0.4) is 0 Å². The van der Waals surface area contributed by atoms with E-state index in [1.165, 1.54) is 18.4 Å². The van der Waals surface area contributed by atoms with E-state index in [9.17, 15) is 8.42 Å². The van der Waals surface area contributed by atoms with E-state index >= 15 is 0 Å². The molecule has 0 saturated carbocycles. The van der Waals surface area contributed by atoms with Crippen molar-refractivity contribution in [3.8, 4) is 11.8 Å². The molecule has 0 aliphatic carbocycles. The standard InChI is InChI=1S/C14H19NO3S/c1-14(2,11-15)9-4-10-18-12-5-7-13(8-6-12)19(3,16)17/h5-8H,4,9-10H2,1-3H3. The Balaban J connectivity index is 2.46. The first kappa shape index (κ1) is 15.5. The second-order valence-corrected chi connectivity index (χ2v) is 7.21. The van der Waals surface area contributed by atoms with E-state index in [0.29, 0.717) is 12.4 Å². The van der Waals surface area contributed by atoms with Crippen molar-refractivity contribution in [2.45, 2.75) is 31.6 Å². The lowest BCUT2D eigenvalue weighted by atomic mass is 9.90. The molecule has 0 bridgehead atoms. The highest BCUT2D eigenvalue weighted by Gasteiger charge is 2.15. The molecule has 0 atom stereocenters. The van der Waals surface area contributed by atoms with Crippen molar-refractivity contribution in [2.75, 3.05) is 12.9 Å².